The van der Waals surface area contributed by atoms with Crippen molar-refractivity contribution >= 4 is 17.3 Å². The summed E-state index contributed by atoms with van der Waals surface area (Å²) in [6, 6.07) is -0.169. The summed E-state index contributed by atoms with van der Waals surface area (Å²) in [5.41, 5.74) is 5.24. The van der Waals surface area contributed by atoms with E-state index in [4.69, 9.17) is 5.73 Å². The van der Waals surface area contributed by atoms with Gasteiger partial charge in [0.05, 0.1) is 17.6 Å². The van der Waals surface area contributed by atoms with E-state index in [9.17, 15) is 15.2 Å². The lowest BCUT2D eigenvalue weighted by Crippen LogP contribution is -2.36. The second kappa shape index (κ2) is 4.73. The van der Waals surface area contributed by atoms with Crippen molar-refractivity contribution in [1.82, 2.24) is 9.97 Å². The number of hydrogen-bond donors (Lipinski definition) is 2. The normalized spacial score (nSPS) is 23.3. The predicted molar refractivity (Wildman–Crippen MR) is 65.1 cm³/mol. The molecule has 18 heavy (non-hydrogen) atoms. The molecule has 2 rings (SSSR count). The Balaban J connectivity index is 2.45. The van der Waals surface area contributed by atoms with Gasteiger partial charge in [-0.25, -0.2) is 9.97 Å². The van der Waals surface area contributed by atoms with Crippen LogP contribution in [0.5, 0.6) is 0 Å². The van der Waals surface area contributed by atoms with Crippen LogP contribution in [0, 0.1) is 16.0 Å². The summed E-state index contributed by atoms with van der Waals surface area (Å²) in [7, 11) is 0. The van der Waals surface area contributed by atoms with Gasteiger partial charge in [-0.05, 0) is 12.3 Å². The molecule has 2 atom stereocenters. The van der Waals surface area contributed by atoms with Crippen LogP contribution in [0.25, 0.3) is 0 Å². The Labute approximate surface area is 104 Å². The zero-order valence-electron chi connectivity index (χ0n) is 9.98. The van der Waals surface area contributed by atoms with Gasteiger partial charge in [-0.2, -0.15) is 0 Å². The zero-order chi connectivity index (χ0) is 13.3. The van der Waals surface area contributed by atoms with E-state index in [0.717, 1.165) is 6.42 Å². The highest BCUT2D eigenvalue weighted by molar-refractivity contribution is 5.69. The van der Waals surface area contributed by atoms with Gasteiger partial charge in [0.2, 0.25) is 11.6 Å². The third-order valence-electron chi connectivity index (χ3n) is 3.36. The van der Waals surface area contributed by atoms with E-state index in [1.165, 1.54) is 6.33 Å². The molecular formula is C10H15N5O3. The van der Waals surface area contributed by atoms with Crippen LogP contribution in [0.15, 0.2) is 6.33 Å². The molecule has 1 aromatic rings. The van der Waals surface area contributed by atoms with Crippen molar-refractivity contribution in [3.63, 3.8) is 0 Å². The average Bonchev–Trinajstić information content (AvgIpc) is 2.69. The highest BCUT2D eigenvalue weighted by atomic mass is 16.6. The summed E-state index contributed by atoms with van der Waals surface area (Å²) in [5, 5.41) is 20.4. The van der Waals surface area contributed by atoms with Crippen molar-refractivity contribution < 1.29 is 10.0 Å². The van der Waals surface area contributed by atoms with Gasteiger partial charge in [0.1, 0.15) is 6.33 Å². The van der Waals surface area contributed by atoms with Gasteiger partial charge in [-0.3, -0.25) is 10.1 Å². The number of anilines is 2. The lowest BCUT2D eigenvalue weighted by molar-refractivity contribution is -0.383. The van der Waals surface area contributed by atoms with Crippen molar-refractivity contribution in [3.8, 4) is 0 Å². The first-order valence-electron chi connectivity index (χ1n) is 5.68. The number of nitro groups is 1. The molecule has 2 unspecified atom stereocenters. The smallest absolute Gasteiger partial charge is 0.353 e. The Hall–Kier alpha value is -1.96. The van der Waals surface area contributed by atoms with Gasteiger partial charge < -0.3 is 15.7 Å². The van der Waals surface area contributed by atoms with Crippen LogP contribution < -0.4 is 10.6 Å². The van der Waals surface area contributed by atoms with E-state index in [-0.39, 0.29) is 35.9 Å². The summed E-state index contributed by atoms with van der Waals surface area (Å²) in [6.45, 7) is 2.54. The maximum Gasteiger partial charge on any atom is 0.353 e. The minimum Gasteiger partial charge on any atom is -0.394 e. The second-order valence-corrected chi connectivity index (χ2v) is 4.40. The molecule has 0 bridgehead atoms. The number of nitrogens with two attached hydrogens (primary N) is 1. The number of nitrogens with zero attached hydrogens (tertiary/aromatic N) is 4. The molecule has 98 valence electrons. The first kappa shape index (κ1) is 12.5. The lowest BCUT2D eigenvalue weighted by Gasteiger charge is -2.25. The highest BCUT2D eigenvalue weighted by Gasteiger charge is 2.36. The number of aliphatic hydroxyl groups is 1. The Kier molecular flexibility index (Phi) is 3.28. The summed E-state index contributed by atoms with van der Waals surface area (Å²) < 4.78 is 0. The fourth-order valence-corrected chi connectivity index (χ4v) is 2.32. The number of nitrogen functional groups attached to an aromatic ring is 1. The molecular weight excluding hydrogens is 238 g/mol. The molecule has 1 saturated heterocycles. The van der Waals surface area contributed by atoms with Gasteiger partial charge in [-0.1, -0.05) is 6.92 Å². The second-order valence-electron chi connectivity index (χ2n) is 4.40. The molecule has 0 aliphatic carbocycles. The molecule has 1 fully saturated rings. The van der Waals surface area contributed by atoms with Gasteiger partial charge in [0.25, 0.3) is 0 Å². The van der Waals surface area contributed by atoms with E-state index in [2.05, 4.69) is 9.97 Å². The molecule has 3 N–H and O–H groups in total. The zero-order valence-corrected chi connectivity index (χ0v) is 9.98. The maximum absolute atomic E-state index is 11.0. The van der Waals surface area contributed by atoms with Crippen LogP contribution >= 0.6 is 0 Å². The average molecular weight is 253 g/mol. The van der Waals surface area contributed by atoms with Crippen LogP contribution in [-0.4, -0.2) is 39.2 Å². The van der Waals surface area contributed by atoms with Gasteiger partial charge in [0.15, 0.2) is 0 Å². The summed E-state index contributed by atoms with van der Waals surface area (Å²) in [4.78, 5) is 19.8. The molecule has 8 nitrogen and oxygen atoms in total. The SMILES string of the molecule is CC1CCN(c2ncnc(N)c2[N+](=O)[O-])C1CO. The molecule has 1 aliphatic heterocycles. The van der Waals surface area contributed by atoms with E-state index in [1.807, 2.05) is 6.92 Å². The van der Waals surface area contributed by atoms with Crippen molar-refractivity contribution in [3.05, 3.63) is 16.4 Å². The lowest BCUT2D eigenvalue weighted by atomic mass is 10.0. The van der Waals surface area contributed by atoms with E-state index >= 15 is 0 Å². The molecule has 1 aromatic heterocycles. The van der Waals surface area contributed by atoms with Gasteiger partial charge >= 0.3 is 5.69 Å². The first-order valence-corrected chi connectivity index (χ1v) is 5.68. The topological polar surface area (TPSA) is 118 Å². The maximum atomic E-state index is 11.0. The van der Waals surface area contributed by atoms with Gasteiger partial charge in [0, 0.05) is 6.54 Å². The third-order valence-corrected chi connectivity index (χ3v) is 3.36. The number of aromatic nitrogens is 2. The molecule has 0 saturated carbocycles. The molecule has 1 aliphatic rings. The van der Waals surface area contributed by atoms with Crippen LogP contribution in [0.1, 0.15) is 13.3 Å². The Bertz CT molecular complexity index is 467. The number of aliphatic hydroxyl groups excluding tert-OH is 1. The molecule has 0 spiro atoms. The van der Waals surface area contributed by atoms with E-state index < -0.39 is 4.92 Å². The molecule has 0 radical (unpaired) electrons. The van der Waals surface area contributed by atoms with Crippen molar-refractivity contribution in [1.29, 1.82) is 0 Å². The fraction of sp³-hybridized carbons (Fsp3) is 0.600. The number of hydrogen-bond acceptors (Lipinski definition) is 7. The number of rotatable bonds is 3. The summed E-state index contributed by atoms with van der Waals surface area (Å²) in [5.74, 6) is 0.294. The third kappa shape index (κ3) is 1.94. The quantitative estimate of drug-likeness (QED) is 0.582. The predicted octanol–water partition coefficient (Wildman–Crippen LogP) is 0.174. The fourth-order valence-electron chi connectivity index (χ4n) is 2.32. The molecule has 8 heteroatoms. The molecule has 0 aromatic carbocycles. The Morgan fingerprint density at radius 1 is 1.67 bits per heavy atom. The monoisotopic (exact) mass is 253 g/mol. The minimum absolute atomic E-state index is 0.0672. The van der Waals surface area contributed by atoms with Crippen molar-refractivity contribution in [2.45, 2.75) is 19.4 Å². The Morgan fingerprint density at radius 3 is 3.00 bits per heavy atom. The van der Waals surface area contributed by atoms with Crippen LogP contribution in [0.2, 0.25) is 0 Å². The highest BCUT2D eigenvalue weighted by Crippen LogP contribution is 2.35. The summed E-state index contributed by atoms with van der Waals surface area (Å²) in [6.07, 6.45) is 2.06. The first-order chi connectivity index (χ1) is 8.56. The van der Waals surface area contributed by atoms with E-state index in [0.29, 0.717) is 6.54 Å². The van der Waals surface area contributed by atoms with Crippen LogP contribution in [0.4, 0.5) is 17.3 Å². The van der Waals surface area contributed by atoms with Crippen LogP contribution in [0.3, 0.4) is 0 Å². The minimum atomic E-state index is -0.581. The largest absolute Gasteiger partial charge is 0.394 e. The standard InChI is InChI=1S/C10H15N5O3/c1-6-2-3-14(7(6)4-16)10-8(15(17)18)9(11)12-5-13-10/h5-7,16H,2-4H2,1H3,(H2,11,12,13). The van der Waals surface area contributed by atoms with Gasteiger partial charge in [-0.15, -0.1) is 0 Å². The molecule has 2 heterocycles. The van der Waals surface area contributed by atoms with E-state index in [1.54, 1.807) is 4.90 Å². The van der Waals surface area contributed by atoms with Crippen molar-refractivity contribution in [2.24, 2.45) is 5.92 Å². The molecule has 0 amide bonds. The van der Waals surface area contributed by atoms with Crippen LogP contribution in [-0.2, 0) is 0 Å². The Morgan fingerprint density at radius 2 is 2.39 bits per heavy atom. The van der Waals surface area contributed by atoms with Crippen molar-refractivity contribution in [2.75, 3.05) is 23.8 Å². The summed E-state index contributed by atoms with van der Waals surface area (Å²) >= 11 is 0.